The molecule has 6 heteroatoms. The number of methoxy groups -OCH3 is 1. The molecule has 0 heterocycles. The molecular formula is C15H24FN3O2. The van der Waals surface area contributed by atoms with Crippen LogP contribution in [0.3, 0.4) is 0 Å². The number of rotatable bonds is 8. The standard InChI is InChI=1S/C15H24FN3O2/c1-12(21-14-7-5-13(16)6-8-14)11-19-15(17-2)18-9-4-10-20-3/h5-8,12H,4,9-11H2,1-3H3,(H2,17,18,19). The van der Waals surface area contributed by atoms with Crippen LogP contribution in [0.5, 0.6) is 5.75 Å². The molecule has 0 aliphatic rings. The molecule has 0 saturated heterocycles. The molecule has 5 nitrogen and oxygen atoms in total. The van der Waals surface area contributed by atoms with Crippen LogP contribution in [0.25, 0.3) is 0 Å². The number of nitrogens with zero attached hydrogens (tertiary/aromatic N) is 1. The Morgan fingerprint density at radius 3 is 2.62 bits per heavy atom. The number of guanidine groups is 1. The van der Waals surface area contributed by atoms with Crippen molar-refractivity contribution < 1.29 is 13.9 Å². The van der Waals surface area contributed by atoms with E-state index < -0.39 is 0 Å². The molecule has 0 fully saturated rings. The van der Waals surface area contributed by atoms with Gasteiger partial charge in [-0.25, -0.2) is 4.39 Å². The number of halogens is 1. The van der Waals surface area contributed by atoms with Gasteiger partial charge in [0.2, 0.25) is 0 Å². The van der Waals surface area contributed by atoms with Crippen LogP contribution < -0.4 is 15.4 Å². The lowest BCUT2D eigenvalue weighted by Crippen LogP contribution is -2.42. The second kappa shape index (κ2) is 9.99. The number of aliphatic imine (C=N–C) groups is 1. The first kappa shape index (κ1) is 17.2. The van der Waals surface area contributed by atoms with E-state index in [4.69, 9.17) is 9.47 Å². The molecule has 118 valence electrons. The van der Waals surface area contributed by atoms with E-state index in [0.717, 1.165) is 18.9 Å². The summed E-state index contributed by atoms with van der Waals surface area (Å²) in [4.78, 5) is 4.12. The monoisotopic (exact) mass is 297 g/mol. The number of nitrogens with one attached hydrogen (secondary N) is 2. The number of benzene rings is 1. The van der Waals surface area contributed by atoms with Gasteiger partial charge in [-0.2, -0.15) is 0 Å². The molecule has 1 atom stereocenters. The molecule has 0 aliphatic heterocycles. The summed E-state index contributed by atoms with van der Waals surface area (Å²) in [6.07, 6.45) is 0.853. The van der Waals surface area contributed by atoms with Gasteiger partial charge < -0.3 is 20.1 Å². The van der Waals surface area contributed by atoms with Gasteiger partial charge in [-0.3, -0.25) is 4.99 Å². The highest BCUT2D eigenvalue weighted by atomic mass is 19.1. The predicted octanol–water partition coefficient (Wildman–Crippen LogP) is 1.79. The second-order valence-corrected chi connectivity index (χ2v) is 4.61. The third kappa shape index (κ3) is 7.51. The maximum Gasteiger partial charge on any atom is 0.191 e. The van der Waals surface area contributed by atoms with E-state index in [1.165, 1.54) is 12.1 Å². The van der Waals surface area contributed by atoms with Crippen molar-refractivity contribution in [2.75, 3.05) is 33.9 Å². The highest BCUT2D eigenvalue weighted by Crippen LogP contribution is 2.12. The van der Waals surface area contributed by atoms with E-state index in [1.807, 2.05) is 6.92 Å². The van der Waals surface area contributed by atoms with Gasteiger partial charge in [0.05, 0.1) is 6.54 Å². The van der Waals surface area contributed by atoms with Gasteiger partial charge in [0.25, 0.3) is 0 Å². The first-order chi connectivity index (χ1) is 10.2. The summed E-state index contributed by atoms with van der Waals surface area (Å²) in [6, 6.07) is 5.99. The Morgan fingerprint density at radius 2 is 2.00 bits per heavy atom. The van der Waals surface area contributed by atoms with Crippen LogP contribution in [0.15, 0.2) is 29.3 Å². The molecule has 1 aromatic carbocycles. The van der Waals surface area contributed by atoms with Crippen LogP contribution in [0.4, 0.5) is 4.39 Å². The lowest BCUT2D eigenvalue weighted by Gasteiger charge is -2.17. The summed E-state index contributed by atoms with van der Waals surface area (Å²) >= 11 is 0. The summed E-state index contributed by atoms with van der Waals surface area (Å²) in [6.45, 7) is 4.05. The van der Waals surface area contributed by atoms with Crippen molar-refractivity contribution >= 4 is 5.96 Å². The van der Waals surface area contributed by atoms with Crippen LogP contribution in [0.2, 0.25) is 0 Å². The van der Waals surface area contributed by atoms with Crippen LogP contribution in [0.1, 0.15) is 13.3 Å². The minimum absolute atomic E-state index is 0.0620. The molecule has 1 unspecified atom stereocenters. The van der Waals surface area contributed by atoms with Gasteiger partial charge >= 0.3 is 0 Å². The van der Waals surface area contributed by atoms with Crippen molar-refractivity contribution in [1.29, 1.82) is 0 Å². The minimum Gasteiger partial charge on any atom is -0.489 e. The summed E-state index contributed by atoms with van der Waals surface area (Å²) < 4.78 is 23.5. The fourth-order valence-corrected chi connectivity index (χ4v) is 1.67. The maximum absolute atomic E-state index is 12.8. The number of ether oxygens (including phenoxy) is 2. The smallest absolute Gasteiger partial charge is 0.191 e. The normalized spacial score (nSPS) is 12.9. The Kier molecular flexibility index (Phi) is 8.19. The Hall–Kier alpha value is -1.82. The summed E-state index contributed by atoms with van der Waals surface area (Å²) in [5.74, 6) is 1.10. The average molecular weight is 297 g/mol. The Balaban J connectivity index is 2.27. The SMILES string of the molecule is CN=C(NCCCOC)NCC(C)Oc1ccc(F)cc1. The van der Waals surface area contributed by atoms with Gasteiger partial charge in [0.1, 0.15) is 17.7 Å². The molecular weight excluding hydrogens is 273 g/mol. The zero-order chi connectivity index (χ0) is 15.5. The predicted molar refractivity (Wildman–Crippen MR) is 82.3 cm³/mol. The van der Waals surface area contributed by atoms with Gasteiger partial charge in [0, 0.05) is 27.3 Å². The summed E-state index contributed by atoms with van der Waals surface area (Å²) in [5.41, 5.74) is 0. The topological polar surface area (TPSA) is 54.9 Å². The van der Waals surface area contributed by atoms with Crippen molar-refractivity contribution in [3.05, 3.63) is 30.1 Å². The van der Waals surface area contributed by atoms with E-state index in [2.05, 4.69) is 15.6 Å². The van der Waals surface area contributed by atoms with Gasteiger partial charge in [0.15, 0.2) is 5.96 Å². The van der Waals surface area contributed by atoms with Gasteiger partial charge in [-0.05, 0) is 37.6 Å². The van der Waals surface area contributed by atoms with Crippen LogP contribution in [0, 0.1) is 5.82 Å². The fourth-order valence-electron chi connectivity index (χ4n) is 1.67. The lowest BCUT2D eigenvalue weighted by atomic mass is 10.3. The van der Waals surface area contributed by atoms with Crippen LogP contribution >= 0.6 is 0 Å². The molecule has 0 aliphatic carbocycles. The zero-order valence-corrected chi connectivity index (χ0v) is 12.9. The van der Waals surface area contributed by atoms with Crippen LogP contribution in [-0.4, -0.2) is 45.9 Å². The van der Waals surface area contributed by atoms with E-state index in [-0.39, 0.29) is 11.9 Å². The molecule has 1 aromatic rings. The summed E-state index contributed by atoms with van der Waals surface area (Å²) in [7, 11) is 3.40. The lowest BCUT2D eigenvalue weighted by molar-refractivity contribution is 0.195. The van der Waals surface area contributed by atoms with E-state index in [1.54, 1.807) is 26.3 Å². The second-order valence-electron chi connectivity index (χ2n) is 4.61. The first-order valence-electron chi connectivity index (χ1n) is 7.01. The van der Waals surface area contributed by atoms with Crippen molar-refractivity contribution in [2.45, 2.75) is 19.4 Å². The van der Waals surface area contributed by atoms with Gasteiger partial charge in [-0.1, -0.05) is 0 Å². The Bertz CT molecular complexity index is 423. The van der Waals surface area contributed by atoms with Crippen molar-refractivity contribution in [2.24, 2.45) is 4.99 Å². The molecule has 0 saturated carbocycles. The Morgan fingerprint density at radius 1 is 1.29 bits per heavy atom. The fraction of sp³-hybridized carbons (Fsp3) is 0.533. The first-order valence-corrected chi connectivity index (χ1v) is 7.01. The molecule has 2 N–H and O–H groups in total. The van der Waals surface area contributed by atoms with Crippen molar-refractivity contribution in [1.82, 2.24) is 10.6 Å². The molecule has 0 amide bonds. The van der Waals surface area contributed by atoms with Crippen molar-refractivity contribution in [3.8, 4) is 5.75 Å². The highest BCUT2D eigenvalue weighted by molar-refractivity contribution is 5.79. The summed E-state index contributed by atoms with van der Waals surface area (Å²) in [5, 5.41) is 6.36. The third-order valence-corrected chi connectivity index (χ3v) is 2.75. The average Bonchev–Trinajstić information content (AvgIpc) is 2.49. The largest absolute Gasteiger partial charge is 0.489 e. The zero-order valence-electron chi connectivity index (χ0n) is 12.9. The molecule has 21 heavy (non-hydrogen) atoms. The molecule has 0 radical (unpaired) electrons. The quantitative estimate of drug-likeness (QED) is 0.436. The van der Waals surface area contributed by atoms with E-state index >= 15 is 0 Å². The van der Waals surface area contributed by atoms with Crippen LogP contribution in [-0.2, 0) is 4.74 Å². The van der Waals surface area contributed by atoms with E-state index in [0.29, 0.717) is 18.9 Å². The van der Waals surface area contributed by atoms with E-state index in [9.17, 15) is 4.39 Å². The molecule has 0 aromatic heterocycles. The number of hydrogen-bond acceptors (Lipinski definition) is 3. The minimum atomic E-state index is -0.270. The number of hydrogen-bond donors (Lipinski definition) is 2. The Labute approximate surface area is 125 Å². The molecule has 0 spiro atoms. The van der Waals surface area contributed by atoms with Crippen molar-refractivity contribution in [3.63, 3.8) is 0 Å². The maximum atomic E-state index is 12.8. The molecule has 0 bridgehead atoms. The molecule has 1 rings (SSSR count). The van der Waals surface area contributed by atoms with Gasteiger partial charge in [-0.15, -0.1) is 0 Å². The highest BCUT2D eigenvalue weighted by Gasteiger charge is 2.05. The third-order valence-electron chi connectivity index (χ3n) is 2.75.